The first-order chi connectivity index (χ1) is 15.8. The second-order valence-corrected chi connectivity index (χ2v) is 9.06. The average molecular weight is 447 g/mol. The molecule has 1 N–H and O–H groups in total. The molecule has 0 amide bonds. The first-order valence-electron chi connectivity index (χ1n) is 11.6. The fourth-order valence-corrected chi connectivity index (χ4v) is 5.32. The number of benzene rings is 3. The Hall–Kier alpha value is -2.53. The molecule has 1 fully saturated rings. The predicted octanol–water partition coefficient (Wildman–Crippen LogP) is 5.24. The lowest BCUT2D eigenvalue weighted by Gasteiger charge is -2.40. The van der Waals surface area contributed by atoms with Crippen molar-refractivity contribution in [2.45, 2.75) is 18.1 Å². The van der Waals surface area contributed by atoms with Gasteiger partial charge in [-0.25, -0.2) is 0 Å². The van der Waals surface area contributed by atoms with Crippen LogP contribution < -0.4 is 10.2 Å². The van der Waals surface area contributed by atoms with E-state index in [0.717, 1.165) is 51.4 Å². The molecule has 5 heteroatoms. The Labute approximate surface area is 196 Å². The van der Waals surface area contributed by atoms with E-state index >= 15 is 0 Å². The number of fused-ring (bicyclic) bond motifs is 1. The molecule has 4 nitrogen and oxygen atoms in total. The third-order valence-electron chi connectivity index (χ3n) is 6.64. The van der Waals surface area contributed by atoms with Crippen LogP contribution in [0.2, 0.25) is 0 Å². The van der Waals surface area contributed by atoms with Gasteiger partial charge in [-0.3, -0.25) is 4.90 Å². The quantitative estimate of drug-likeness (QED) is 0.395. The van der Waals surface area contributed by atoms with Gasteiger partial charge in [0.05, 0.1) is 17.4 Å². The zero-order valence-electron chi connectivity index (χ0n) is 18.4. The van der Waals surface area contributed by atoms with E-state index in [-0.39, 0.29) is 5.62 Å². The van der Waals surface area contributed by atoms with Crippen molar-refractivity contribution < 1.29 is 0 Å². The summed E-state index contributed by atoms with van der Waals surface area (Å²) in [5.74, 6) is 0. The second kappa shape index (κ2) is 9.95. The maximum Gasteiger partial charge on any atom is 0.177 e. The fourth-order valence-electron chi connectivity index (χ4n) is 5.00. The maximum absolute atomic E-state index is 6.53. The van der Waals surface area contributed by atoms with Crippen molar-refractivity contribution >= 4 is 23.0 Å². The number of nitrogens with one attached hydrogen (secondary N) is 1. The molecular weight excluding hydrogens is 416 g/mol. The SMILES string of the molecule is ClC1Nc2ccccc2N1CCCN1CCN(C(c2ccccc2)c2ccccc2)CC1. The molecule has 0 radical (unpaired) electrons. The van der Waals surface area contributed by atoms with E-state index in [1.54, 1.807) is 0 Å². The van der Waals surface area contributed by atoms with Crippen LogP contribution >= 0.6 is 11.6 Å². The van der Waals surface area contributed by atoms with Crippen LogP contribution in [-0.4, -0.2) is 54.7 Å². The Balaban J connectivity index is 1.17. The van der Waals surface area contributed by atoms with Crippen molar-refractivity contribution in [2.24, 2.45) is 0 Å². The molecule has 166 valence electrons. The molecule has 5 rings (SSSR count). The first-order valence-corrected chi connectivity index (χ1v) is 12.1. The minimum atomic E-state index is -0.151. The number of piperazine rings is 1. The number of para-hydroxylation sites is 2. The highest BCUT2D eigenvalue weighted by Gasteiger charge is 2.28. The zero-order chi connectivity index (χ0) is 21.8. The predicted molar refractivity (Wildman–Crippen MR) is 134 cm³/mol. The van der Waals surface area contributed by atoms with E-state index in [1.807, 2.05) is 0 Å². The minimum absolute atomic E-state index is 0.151. The standard InChI is InChI=1S/C27H31ClN4/c28-27-29-24-14-7-8-15-25(24)32(27)17-9-16-30-18-20-31(21-19-30)26(22-10-3-1-4-11-22)23-12-5-2-6-13-23/h1-8,10-15,26-27,29H,9,16-21H2. The number of halogens is 1. The van der Waals surface area contributed by atoms with Crippen molar-refractivity contribution in [2.75, 3.05) is 49.5 Å². The van der Waals surface area contributed by atoms with Gasteiger partial charge in [-0.2, -0.15) is 0 Å². The van der Waals surface area contributed by atoms with Gasteiger partial charge in [0.15, 0.2) is 5.62 Å². The van der Waals surface area contributed by atoms with Crippen LogP contribution in [0, 0.1) is 0 Å². The van der Waals surface area contributed by atoms with Crippen molar-refractivity contribution in [1.82, 2.24) is 9.80 Å². The van der Waals surface area contributed by atoms with Crippen LogP contribution in [0.3, 0.4) is 0 Å². The maximum atomic E-state index is 6.53. The summed E-state index contributed by atoms with van der Waals surface area (Å²) in [4.78, 5) is 7.51. The highest BCUT2D eigenvalue weighted by atomic mass is 35.5. The topological polar surface area (TPSA) is 21.8 Å². The van der Waals surface area contributed by atoms with Crippen LogP contribution in [0.4, 0.5) is 11.4 Å². The molecule has 3 aromatic rings. The summed E-state index contributed by atoms with van der Waals surface area (Å²) < 4.78 is 0. The molecule has 3 aromatic carbocycles. The molecule has 2 heterocycles. The Morgan fingerprint density at radius 1 is 0.750 bits per heavy atom. The van der Waals surface area contributed by atoms with Gasteiger partial charge in [0.2, 0.25) is 0 Å². The normalized spacial score (nSPS) is 19.2. The first kappa shape index (κ1) is 21.3. The average Bonchev–Trinajstić information content (AvgIpc) is 3.17. The summed E-state index contributed by atoms with van der Waals surface area (Å²) in [7, 11) is 0. The molecule has 0 aliphatic carbocycles. The van der Waals surface area contributed by atoms with E-state index in [1.165, 1.54) is 16.8 Å². The van der Waals surface area contributed by atoms with Gasteiger partial charge < -0.3 is 15.1 Å². The lowest BCUT2D eigenvalue weighted by Crippen LogP contribution is -2.48. The Morgan fingerprint density at radius 3 is 2.00 bits per heavy atom. The van der Waals surface area contributed by atoms with Crippen LogP contribution in [0.5, 0.6) is 0 Å². The summed E-state index contributed by atoms with van der Waals surface area (Å²) in [6, 6.07) is 30.5. The number of alkyl halides is 1. The monoisotopic (exact) mass is 446 g/mol. The van der Waals surface area contributed by atoms with Crippen LogP contribution in [0.1, 0.15) is 23.6 Å². The molecule has 0 bridgehead atoms. The minimum Gasteiger partial charge on any atom is -0.351 e. The van der Waals surface area contributed by atoms with E-state index in [9.17, 15) is 0 Å². The summed E-state index contributed by atoms with van der Waals surface area (Å²) in [6.45, 7) is 6.46. The third-order valence-corrected chi connectivity index (χ3v) is 6.98. The molecule has 2 aliphatic rings. The number of nitrogens with zero attached hydrogens (tertiary/aromatic N) is 3. The van der Waals surface area contributed by atoms with E-state index in [0.29, 0.717) is 6.04 Å². The molecule has 0 aromatic heterocycles. The van der Waals surface area contributed by atoms with E-state index < -0.39 is 0 Å². The van der Waals surface area contributed by atoms with Gasteiger partial charge in [-0.1, -0.05) is 84.4 Å². The van der Waals surface area contributed by atoms with Crippen LogP contribution in [0.25, 0.3) is 0 Å². The van der Waals surface area contributed by atoms with Gasteiger partial charge >= 0.3 is 0 Å². The molecule has 2 aliphatic heterocycles. The van der Waals surface area contributed by atoms with Crippen molar-refractivity contribution in [3.8, 4) is 0 Å². The van der Waals surface area contributed by atoms with Crippen molar-refractivity contribution in [3.63, 3.8) is 0 Å². The third kappa shape index (κ3) is 4.63. The summed E-state index contributed by atoms with van der Waals surface area (Å²) >= 11 is 6.53. The molecule has 0 saturated carbocycles. The lowest BCUT2D eigenvalue weighted by molar-refractivity contribution is 0.109. The molecule has 1 unspecified atom stereocenters. The van der Waals surface area contributed by atoms with Crippen molar-refractivity contribution in [3.05, 3.63) is 96.1 Å². The Morgan fingerprint density at radius 2 is 1.34 bits per heavy atom. The molecule has 0 spiro atoms. The van der Waals surface area contributed by atoms with Gasteiger partial charge in [-0.15, -0.1) is 0 Å². The smallest absolute Gasteiger partial charge is 0.177 e. The zero-order valence-corrected chi connectivity index (χ0v) is 19.2. The lowest BCUT2D eigenvalue weighted by atomic mass is 9.96. The number of hydrogen-bond acceptors (Lipinski definition) is 4. The van der Waals surface area contributed by atoms with Crippen LogP contribution in [-0.2, 0) is 0 Å². The Bertz CT molecular complexity index is 949. The second-order valence-electron chi connectivity index (χ2n) is 8.65. The fraction of sp³-hybridized carbons (Fsp3) is 0.333. The molecule has 1 saturated heterocycles. The summed E-state index contributed by atoms with van der Waals surface area (Å²) in [6.07, 6.45) is 1.11. The highest BCUT2D eigenvalue weighted by Crippen LogP contribution is 2.35. The molecule has 32 heavy (non-hydrogen) atoms. The van der Waals surface area contributed by atoms with Crippen molar-refractivity contribution in [1.29, 1.82) is 0 Å². The Kier molecular flexibility index (Phi) is 6.63. The molecule has 1 atom stereocenters. The van der Waals surface area contributed by atoms with Gasteiger partial charge in [-0.05, 0) is 36.2 Å². The van der Waals surface area contributed by atoms with Gasteiger partial charge in [0, 0.05) is 32.7 Å². The van der Waals surface area contributed by atoms with Crippen LogP contribution in [0.15, 0.2) is 84.9 Å². The largest absolute Gasteiger partial charge is 0.351 e. The number of anilines is 2. The molecular formula is C27H31ClN4. The van der Waals surface area contributed by atoms with Gasteiger partial charge in [0.25, 0.3) is 0 Å². The number of hydrogen-bond donors (Lipinski definition) is 1. The van der Waals surface area contributed by atoms with E-state index in [4.69, 9.17) is 11.6 Å². The van der Waals surface area contributed by atoms with Gasteiger partial charge in [0.1, 0.15) is 0 Å². The summed E-state index contributed by atoms with van der Waals surface area (Å²) in [5, 5.41) is 3.36. The summed E-state index contributed by atoms with van der Waals surface area (Å²) in [5.41, 5.74) is 4.95. The number of rotatable bonds is 7. The van der Waals surface area contributed by atoms with E-state index in [2.05, 4.69) is 105 Å². The highest BCUT2D eigenvalue weighted by molar-refractivity contribution is 6.24.